The minimum absolute atomic E-state index is 0.182. The Hall–Kier alpha value is -1.64. The lowest BCUT2D eigenvalue weighted by Gasteiger charge is -2.16. The van der Waals surface area contributed by atoms with Crippen LogP contribution in [-0.4, -0.2) is 11.6 Å². The zero-order valence-electron chi connectivity index (χ0n) is 9.63. The molecule has 1 aromatic carbocycles. The Labute approximate surface area is 99.1 Å². The van der Waals surface area contributed by atoms with Crippen molar-refractivity contribution in [2.24, 2.45) is 0 Å². The monoisotopic (exact) mass is 232 g/mol. The Balaban J connectivity index is 1.97. The van der Waals surface area contributed by atoms with E-state index in [2.05, 4.69) is 6.58 Å². The van der Waals surface area contributed by atoms with Crippen molar-refractivity contribution in [3.05, 3.63) is 41.7 Å². The Kier molecular flexibility index (Phi) is 1.97. The molecule has 2 aliphatic rings. The molecule has 1 aromatic rings. The van der Waals surface area contributed by atoms with E-state index in [1.54, 1.807) is 13.0 Å². The molecule has 3 heteroatoms. The van der Waals surface area contributed by atoms with Crippen molar-refractivity contribution in [2.75, 3.05) is 0 Å². The Morgan fingerprint density at radius 1 is 1.65 bits per heavy atom. The summed E-state index contributed by atoms with van der Waals surface area (Å²) in [4.78, 5) is 11.4. The number of carbonyl (C=O) groups is 1. The summed E-state index contributed by atoms with van der Waals surface area (Å²) in [5.41, 5.74) is 2.05. The predicted octanol–water partition coefficient (Wildman–Crippen LogP) is 3.03. The molecule has 1 saturated carbocycles. The van der Waals surface area contributed by atoms with Gasteiger partial charge in [-0.25, -0.2) is 4.39 Å². The molecule has 2 nitrogen and oxygen atoms in total. The van der Waals surface area contributed by atoms with E-state index in [-0.39, 0.29) is 17.7 Å². The van der Waals surface area contributed by atoms with Crippen LogP contribution in [0.4, 0.5) is 4.39 Å². The van der Waals surface area contributed by atoms with Gasteiger partial charge in [0.25, 0.3) is 0 Å². The van der Waals surface area contributed by atoms with Gasteiger partial charge in [0.05, 0.1) is 0 Å². The lowest BCUT2D eigenvalue weighted by Crippen LogP contribution is -2.19. The fourth-order valence-electron chi connectivity index (χ4n) is 2.71. The van der Waals surface area contributed by atoms with Crippen LogP contribution in [0.3, 0.4) is 0 Å². The normalized spacial score (nSPS) is 28.6. The van der Waals surface area contributed by atoms with Gasteiger partial charge in [-0.15, -0.1) is 0 Å². The van der Waals surface area contributed by atoms with E-state index in [0.717, 1.165) is 23.1 Å². The van der Waals surface area contributed by atoms with Crippen molar-refractivity contribution in [3.63, 3.8) is 0 Å². The van der Waals surface area contributed by atoms with Crippen LogP contribution in [-0.2, 0) is 9.53 Å². The van der Waals surface area contributed by atoms with Gasteiger partial charge in [0.15, 0.2) is 0 Å². The third kappa shape index (κ3) is 1.28. The van der Waals surface area contributed by atoms with Gasteiger partial charge in [0, 0.05) is 18.8 Å². The first kappa shape index (κ1) is 10.5. The van der Waals surface area contributed by atoms with Crippen molar-refractivity contribution in [1.29, 1.82) is 0 Å². The molecule has 0 N–H and O–H groups in total. The number of benzene rings is 1. The number of halogens is 1. The quantitative estimate of drug-likeness (QED) is 0.732. The molecule has 88 valence electrons. The highest BCUT2D eigenvalue weighted by molar-refractivity contribution is 5.87. The summed E-state index contributed by atoms with van der Waals surface area (Å²) in [6.45, 7) is 5.74. The molecule has 17 heavy (non-hydrogen) atoms. The predicted molar refractivity (Wildman–Crippen MR) is 61.9 cm³/mol. The van der Waals surface area contributed by atoms with Gasteiger partial charge in [-0.05, 0) is 28.8 Å². The molecule has 1 fully saturated rings. The first-order chi connectivity index (χ1) is 8.08. The molecular formula is C14H13FO2. The SMILES string of the molecule is C=C1c2cc(F)ccc2C2CC12OC(=O)CC. The van der Waals surface area contributed by atoms with Crippen molar-refractivity contribution in [3.8, 4) is 0 Å². The van der Waals surface area contributed by atoms with Gasteiger partial charge < -0.3 is 4.74 Å². The summed E-state index contributed by atoms with van der Waals surface area (Å²) in [7, 11) is 0. The average molecular weight is 232 g/mol. The summed E-state index contributed by atoms with van der Waals surface area (Å²) >= 11 is 0. The molecule has 0 bridgehead atoms. The Bertz CT molecular complexity index is 535. The molecule has 0 saturated heterocycles. The molecule has 3 rings (SSSR count). The number of hydrogen-bond acceptors (Lipinski definition) is 2. The largest absolute Gasteiger partial charge is 0.453 e. The minimum atomic E-state index is -0.566. The summed E-state index contributed by atoms with van der Waals surface area (Å²) in [5.74, 6) is -0.314. The molecule has 0 aromatic heterocycles. The van der Waals surface area contributed by atoms with E-state index in [0.29, 0.717) is 6.42 Å². The number of hydrogen-bond donors (Lipinski definition) is 0. The van der Waals surface area contributed by atoms with Gasteiger partial charge in [-0.1, -0.05) is 19.6 Å². The van der Waals surface area contributed by atoms with Gasteiger partial charge in [0.1, 0.15) is 11.4 Å². The van der Waals surface area contributed by atoms with Crippen LogP contribution in [0.1, 0.15) is 36.8 Å². The number of esters is 1. The summed E-state index contributed by atoms with van der Waals surface area (Å²) < 4.78 is 18.7. The van der Waals surface area contributed by atoms with E-state index in [4.69, 9.17) is 4.74 Å². The van der Waals surface area contributed by atoms with Crippen LogP contribution in [0.2, 0.25) is 0 Å². The summed E-state index contributed by atoms with van der Waals surface area (Å²) in [6, 6.07) is 4.70. The number of rotatable bonds is 2. The zero-order valence-corrected chi connectivity index (χ0v) is 9.63. The fraction of sp³-hybridized carbons (Fsp3) is 0.357. The average Bonchev–Trinajstić information content (AvgIpc) is 2.98. The van der Waals surface area contributed by atoms with Gasteiger partial charge in [0.2, 0.25) is 0 Å². The second-order valence-electron chi connectivity index (χ2n) is 4.68. The second kappa shape index (κ2) is 3.19. The van der Waals surface area contributed by atoms with E-state index in [1.165, 1.54) is 12.1 Å². The molecule has 0 spiro atoms. The van der Waals surface area contributed by atoms with Crippen molar-refractivity contribution in [1.82, 2.24) is 0 Å². The van der Waals surface area contributed by atoms with Crippen LogP contribution < -0.4 is 0 Å². The van der Waals surface area contributed by atoms with Gasteiger partial charge in [-0.3, -0.25) is 4.79 Å². The van der Waals surface area contributed by atoms with Crippen LogP contribution in [0.5, 0.6) is 0 Å². The van der Waals surface area contributed by atoms with Crippen molar-refractivity contribution in [2.45, 2.75) is 31.3 Å². The molecule has 0 amide bonds. The standard InChI is InChI=1S/C14H13FO2/c1-3-13(16)17-14-7-12(14)10-5-4-9(15)6-11(10)8(14)2/h4-6,12H,2-3,7H2,1H3. The first-order valence-corrected chi connectivity index (χ1v) is 5.79. The third-order valence-electron chi connectivity index (χ3n) is 3.72. The number of ether oxygens (including phenoxy) is 1. The maximum atomic E-state index is 13.2. The van der Waals surface area contributed by atoms with E-state index in [9.17, 15) is 9.18 Å². The third-order valence-corrected chi connectivity index (χ3v) is 3.72. The fourth-order valence-corrected chi connectivity index (χ4v) is 2.71. The van der Waals surface area contributed by atoms with Crippen LogP contribution >= 0.6 is 0 Å². The van der Waals surface area contributed by atoms with E-state index in [1.807, 2.05) is 0 Å². The van der Waals surface area contributed by atoms with E-state index >= 15 is 0 Å². The van der Waals surface area contributed by atoms with Crippen LogP contribution in [0.15, 0.2) is 24.8 Å². The lowest BCUT2D eigenvalue weighted by molar-refractivity contribution is -0.147. The zero-order chi connectivity index (χ0) is 12.2. The van der Waals surface area contributed by atoms with E-state index < -0.39 is 5.60 Å². The summed E-state index contributed by atoms with van der Waals surface area (Å²) in [5, 5.41) is 0. The highest BCUT2D eigenvalue weighted by atomic mass is 19.1. The minimum Gasteiger partial charge on any atom is -0.453 e. The second-order valence-corrected chi connectivity index (χ2v) is 4.68. The highest BCUT2D eigenvalue weighted by Crippen LogP contribution is 2.67. The number of carbonyl (C=O) groups excluding carboxylic acids is 1. The summed E-state index contributed by atoms with van der Waals surface area (Å²) in [6.07, 6.45) is 1.14. The van der Waals surface area contributed by atoms with Crippen LogP contribution in [0.25, 0.3) is 5.57 Å². The molecule has 2 atom stereocenters. The van der Waals surface area contributed by atoms with Gasteiger partial charge >= 0.3 is 5.97 Å². The maximum absolute atomic E-state index is 13.2. The Morgan fingerprint density at radius 3 is 3.12 bits per heavy atom. The van der Waals surface area contributed by atoms with Crippen molar-refractivity contribution >= 4 is 11.5 Å². The molecule has 0 aliphatic heterocycles. The van der Waals surface area contributed by atoms with Crippen molar-refractivity contribution < 1.29 is 13.9 Å². The smallest absolute Gasteiger partial charge is 0.306 e. The van der Waals surface area contributed by atoms with Gasteiger partial charge in [-0.2, -0.15) is 0 Å². The molecule has 0 heterocycles. The topological polar surface area (TPSA) is 26.3 Å². The highest BCUT2D eigenvalue weighted by Gasteiger charge is 2.65. The maximum Gasteiger partial charge on any atom is 0.306 e. The lowest BCUT2D eigenvalue weighted by atomic mass is 10.0. The molecule has 0 radical (unpaired) electrons. The first-order valence-electron chi connectivity index (χ1n) is 5.79. The molecule has 2 aliphatic carbocycles. The molecular weight excluding hydrogens is 219 g/mol. The number of fused-ring (bicyclic) bond motifs is 3. The van der Waals surface area contributed by atoms with Crippen LogP contribution in [0, 0.1) is 5.82 Å². The molecule has 2 unspecified atom stereocenters. The Morgan fingerprint density at radius 2 is 2.41 bits per heavy atom.